The van der Waals surface area contributed by atoms with Crippen molar-refractivity contribution in [2.75, 3.05) is 7.05 Å². The summed E-state index contributed by atoms with van der Waals surface area (Å²) >= 11 is 0. The number of furan rings is 1. The molecule has 1 heterocycles. The summed E-state index contributed by atoms with van der Waals surface area (Å²) in [6, 6.07) is 11.3. The second-order valence-corrected chi connectivity index (χ2v) is 4.06. The van der Waals surface area contributed by atoms with Gasteiger partial charge in [0.15, 0.2) is 0 Å². The van der Waals surface area contributed by atoms with Crippen LogP contribution in [0.2, 0.25) is 0 Å². The van der Waals surface area contributed by atoms with Crippen LogP contribution in [-0.2, 0) is 6.54 Å². The van der Waals surface area contributed by atoms with Crippen molar-refractivity contribution in [2.24, 2.45) is 0 Å². The highest BCUT2D eigenvalue weighted by molar-refractivity contribution is 5.95. The second-order valence-electron chi connectivity index (χ2n) is 4.06. The average Bonchev–Trinajstić information content (AvgIpc) is 2.81. The van der Waals surface area contributed by atoms with Crippen LogP contribution in [0.3, 0.4) is 0 Å². The molecule has 0 radical (unpaired) electrons. The SMILES string of the molecule is Cc1ccccc1C(=O)N(C)Cc1ccco1. The van der Waals surface area contributed by atoms with E-state index in [1.54, 1.807) is 18.2 Å². The summed E-state index contributed by atoms with van der Waals surface area (Å²) in [6.45, 7) is 2.42. The molecular weight excluding hydrogens is 214 g/mol. The minimum atomic E-state index is 0.0134. The topological polar surface area (TPSA) is 33.5 Å². The van der Waals surface area contributed by atoms with E-state index >= 15 is 0 Å². The number of aryl methyl sites for hydroxylation is 1. The van der Waals surface area contributed by atoms with E-state index in [-0.39, 0.29) is 5.91 Å². The maximum atomic E-state index is 12.2. The van der Waals surface area contributed by atoms with E-state index in [1.807, 2.05) is 43.3 Å². The largest absolute Gasteiger partial charge is 0.467 e. The van der Waals surface area contributed by atoms with Crippen LogP contribution in [0.15, 0.2) is 47.1 Å². The predicted molar refractivity (Wildman–Crippen MR) is 65.7 cm³/mol. The van der Waals surface area contributed by atoms with Crippen LogP contribution in [-0.4, -0.2) is 17.9 Å². The molecule has 2 aromatic rings. The number of amides is 1. The third-order valence-corrected chi connectivity index (χ3v) is 2.70. The van der Waals surface area contributed by atoms with Crippen molar-refractivity contribution in [3.8, 4) is 0 Å². The van der Waals surface area contributed by atoms with Gasteiger partial charge >= 0.3 is 0 Å². The molecule has 3 heteroatoms. The molecule has 1 aromatic carbocycles. The maximum Gasteiger partial charge on any atom is 0.254 e. The van der Waals surface area contributed by atoms with E-state index in [9.17, 15) is 4.79 Å². The number of benzene rings is 1. The molecule has 88 valence electrons. The first kappa shape index (κ1) is 11.5. The van der Waals surface area contributed by atoms with Crippen molar-refractivity contribution in [2.45, 2.75) is 13.5 Å². The molecule has 0 saturated carbocycles. The van der Waals surface area contributed by atoms with Crippen LogP contribution >= 0.6 is 0 Å². The summed E-state index contributed by atoms with van der Waals surface area (Å²) in [7, 11) is 1.78. The fourth-order valence-electron chi connectivity index (χ4n) is 1.73. The zero-order chi connectivity index (χ0) is 12.3. The molecule has 1 aromatic heterocycles. The van der Waals surface area contributed by atoms with Crippen LogP contribution in [0.4, 0.5) is 0 Å². The Labute approximate surface area is 101 Å². The molecule has 0 aliphatic carbocycles. The Bertz CT molecular complexity index is 503. The Hall–Kier alpha value is -2.03. The lowest BCUT2D eigenvalue weighted by molar-refractivity contribution is 0.0775. The van der Waals surface area contributed by atoms with E-state index in [4.69, 9.17) is 4.42 Å². The van der Waals surface area contributed by atoms with Crippen molar-refractivity contribution in [3.05, 3.63) is 59.5 Å². The number of carbonyl (C=O) groups excluding carboxylic acids is 1. The first-order valence-corrected chi connectivity index (χ1v) is 5.52. The lowest BCUT2D eigenvalue weighted by Gasteiger charge is -2.16. The number of hydrogen-bond donors (Lipinski definition) is 0. The summed E-state index contributed by atoms with van der Waals surface area (Å²) in [5.74, 6) is 0.800. The van der Waals surface area contributed by atoms with Gasteiger partial charge in [0.05, 0.1) is 12.8 Å². The van der Waals surface area contributed by atoms with E-state index in [2.05, 4.69) is 0 Å². The van der Waals surface area contributed by atoms with Gasteiger partial charge in [0, 0.05) is 12.6 Å². The number of nitrogens with zero attached hydrogens (tertiary/aromatic N) is 1. The highest BCUT2D eigenvalue weighted by Crippen LogP contribution is 2.12. The van der Waals surface area contributed by atoms with Gasteiger partial charge in [-0.05, 0) is 30.7 Å². The van der Waals surface area contributed by atoms with Gasteiger partial charge in [-0.1, -0.05) is 18.2 Å². The summed E-state index contributed by atoms with van der Waals surface area (Å²) in [5.41, 5.74) is 1.73. The average molecular weight is 229 g/mol. The summed E-state index contributed by atoms with van der Waals surface area (Å²) in [6.07, 6.45) is 1.61. The third kappa shape index (κ3) is 2.56. The first-order chi connectivity index (χ1) is 8.18. The zero-order valence-electron chi connectivity index (χ0n) is 10.0. The van der Waals surface area contributed by atoms with Crippen LogP contribution in [0.25, 0.3) is 0 Å². The van der Waals surface area contributed by atoms with Gasteiger partial charge in [-0.25, -0.2) is 0 Å². The van der Waals surface area contributed by atoms with Gasteiger partial charge in [0.25, 0.3) is 5.91 Å². The van der Waals surface area contributed by atoms with Crippen molar-refractivity contribution in [3.63, 3.8) is 0 Å². The van der Waals surface area contributed by atoms with Crippen molar-refractivity contribution >= 4 is 5.91 Å². The molecule has 1 amide bonds. The van der Waals surface area contributed by atoms with E-state index < -0.39 is 0 Å². The Morgan fingerprint density at radius 1 is 1.24 bits per heavy atom. The van der Waals surface area contributed by atoms with Crippen molar-refractivity contribution < 1.29 is 9.21 Å². The minimum absolute atomic E-state index is 0.0134. The molecular formula is C14H15NO2. The molecule has 0 fully saturated rings. The first-order valence-electron chi connectivity index (χ1n) is 5.52. The quantitative estimate of drug-likeness (QED) is 0.810. The molecule has 0 spiro atoms. The van der Waals surface area contributed by atoms with E-state index in [0.29, 0.717) is 6.54 Å². The summed E-state index contributed by atoms with van der Waals surface area (Å²) < 4.78 is 5.23. The highest BCUT2D eigenvalue weighted by Gasteiger charge is 2.14. The van der Waals surface area contributed by atoms with Crippen LogP contribution < -0.4 is 0 Å². The fourth-order valence-corrected chi connectivity index (χ4v) is 1.73. The zero-order valence-corrected chi connectivity index (χ0v) is 10.0. The normalized spacial score (nSPS) is 10.2. The minimum Gasteiger partial charge on any atom is -0.467 e. The van der Waals surface area contributed by atoms with E-state index in [1.165, 1.54) is 0 Å². The van der Waals surface area contributed by atoms with Crippen molar-refractivity contribution in [1.29, 1.82) is 0 Å². The van der Waals surface area contributed by atoms with Crippen LogP contribution in [0.1, 0.15) is 21.7 Å². The molecule has 0 bridgehead atoms. The molecule has 0 N–H and O–H groups in total. The molecule has 0 aliphatic rings. The molecule has 17 heavy (non-hydrogen) atoms. The summed E-state index contributed by atoms with van der Waals surface area (Å²) in [5, 5.41) is 0. The smallest absolute Gasteiger partial charge is 0.254 e. The maximum absolute atomic E-state index is 12.2. The Kier molecular flexibility index (Phi) is 3.28. The van der Waals surface area contributed by atoms with Gasteiger partial charge in [0.2, 0.25) is 0 Å². The molecule has 0 unspecified atom stereocenters. The molecule has 0 aliphatic heterocycles. The van der Waals surface area contributed by atoms with Crippen LogP contribution in [0, 0.1) is 6.92 Å². The molecule has 3 nitrogen and oxygen atoms in total. The van der Waals surface area contributed by atoms with Gasteiger partial charge in [-0.2, -0.15) is 0 Å². The second kappa shape index (κ2) is 4.87. The van der Waals surface area contributed by atoms with Crippen molar-refractivity contribution in [1.82, 2.24) is 4.90 Å². The molecule has 0 saturated heterocycles. The fraction of sp³-hybridized carbons (Fsp3) is 0.214. The lowest BCUT2D eigenvalue weighted by Crippen LogP contribution is -2.26. The van der Waals surface area contributed by atoms with E-state index in [0.717, 1.165) is 16.9 Å². The lowest BCUT2D eigenvalue weighted by atomic mass is 10.1. The monoisotopic (exact) mass is 229 g/mol. The molecule has 2 rings (SSSR count). The standard InChI is InChI=1S/C14H15NO2/c1-11-6-3-4-8-13(11)14(16)15(2)10-12-7-5-9-17-12/h3-9H,10H2,1-2H3. The van der Waals surface area contributed by atoms with Gasteiger partial charge in [-0.3, -0.25) is 4.79 Å². The van der Waals surface area contributed by atoms with Crippen LogP contribution in [0.5, 0.6) is 0 Å². The molecule has 0 atom stereocenters. The Morgan fingerprint density at radius 3 is 2.65 bits per heavy atom. The third-order valence-electron chi connectivity index (χ3n) is 2.70. The Morgan fingerprint density at radius 2 is 2.00 bits per heavy atom. The predicted octanol–water partition coefficient (Wildman–Crippen LogP) is 2.86. The van der Waals surface area contributed by atoms with Gasteiger partial charge in [0.1, 0.15) is 5.76 Å². The number of carbonyl (C=O) groups is 1. The summed E-state index contributed by atoms with van der Waals surface area (Å²) in [4.78, 5) is 13.8. The number of rotatable bonds is 3. The number of hydrogen-bond acceptors (Lipinski definition) is 2. The van der Waals surface area contributed by atoms with Gasteiger partial charge < -0.3 is 9.32 Å². The Balaban J connectivity index is 2.13. The van der Waals surface area contributed by atoms with Gasteiger partial charge in [-0.15, -0.1) is 0 Å². The highest BCUT2D eigenvalue weighted by atomic mass is 16.3.